The fourth-order valence-corrected chi connectivity index (χ4v) is 11.5. The number of rotatable bonds is 9. The van der Waals surface area contributed by atoms with Crippen LogP contribution in [-0.4, -0.2) is 95.3 Å². The van der Waals surface area contributed by atoms with E-state index in [1.165, 1.54) is 4.90 Å². The minimum atomic E-state index is -3.92. The molecule has 0 radical (unpaired) electrons. The Hall–Kier alpha value is -5.55. The van der Waals surface area contributed by atoms with Crippen LogP contribution in [0.1, 0.15) is 130 Å². The predicted octanol–water partition coefficient (Wildman–Crippen LogP) is 6.64. The number of allylic oxidation sites excluding steroid dienone is 1. The van der Waals surface area contributed by atoms with Crippen molar-refractivity contribution in [3.05, 3.63) is 59.7 Å². The second-order valence-corrected chi connectivity index (χ2v) is 22.8. The lowest BCUT2D eigenvalue weighted by Gasteiger charge is -2.32. The summed E-state index contributed by atoms with van der Waals surface area (Å²) in [7, 11) is -2.37. The van der Waals surface area contributed by atoms with Crippen LogP contribution in [0.15, 0.2) is 58.5 Å². The van der Waals surface area contributed by atoms with Crippen LogP contribution >= 0.6 is 0 Å². The zero-order chi connectivity index (χ0) is 47.3. The van der Waals surface area contributed by atoms with Gasteiger partial charge in [-0.3, -0.25) is 9.59 Å². The highest BCUT2D eigenvalue weighted by Gasteiger charge is 2.58. The van der Waals surface area contributed by atoms with Crippen LogP contribution in [0, 0.1) is 0 Å². The number of sulfonamides is 1. The summed E-state index contributed by atoms with van der Waals surface area (Å²) in [6.07, 6.45) is 8.76. The SMILES string of the molecule is COc1cccc2c1oc1c(O[C@@H]3C[C@H]4C(=O)N[C@]5(C(=O)[NH2+]S(=O)(=O)C6(C)CC6)CC/C(=C/CCCCC[C@H](NC(=O)OC6CCCC6)C(=O)N4C3)C5)nc(-c3ccc(C(C)(C)C)cc3)nc12. The van der Waals surface area contributed by atoms with Crippen LogP contribution < -0.4 is 24.8 Å². The van der Waals surface area contributed by atoms with Gasteiger partial charge in [-0.2, -0.15) is 18.1 Å². The van der Waals surface area contributed by atoms with Crippen LogP contribution in [0.4, 0.5) is 4.79 Å². The number of fused-ring (bicyclic) bond motifs is 6. The van der Waals surface area contributed by atoms with Crippen molar-refractivity contribution in [2.75, 3.05) is 13.7 Å². The number of furan rings is 1. The molecule has 0 unspecified atom stereocenters. The fraction of sp³-hybridized carbons (Fsp3) is 0.560. The Labute approximate surface area is 391 Å². The molecule has 5 aliphatic rings. The molecule has 3 saturated carbocycles. The zero-order valence-corrected chi connectivity index (χ0v) is 40.0. The van der Waals surface area contributed by atoms with Crippen LogP contribution in [0.3, 0.4) is 0 Å². The summed E-state index contributed by atoms with van der Waals surface area (Å²) < 4.78 is 51.5. The molecular formula is C50H63N6O10S+. The van der Waals surface area contributed by atoms with Gasteiger partial charge in [-0.15, -0.1) is 0 Å². The van der Waals surface area contributed by atoms with E-state index in [1.807, 2.05) is 36.4 Å². The molecule has 4 fully saturated rings. The summed E-state index contributed by atoms with van der Waals surface area (Å²) >= 11 is 0. The minimum Gasteiger partial charge on any atom is -0.493 e. The van der Waals surface area contributed by atoms with Gasteiger partial charge in [-0.1, -0.05) is 75.6 Å². The van der Waals surface area contributed by atoms with Crippen molar-refractivity contribution in [1.82, 2.24) is 25.5 Å². The van der Waals surface area contributed by atoms with Crippen LogP contribution in [-0.2, 0) is 34.6 Å². The molecule has 16 nitrogen and oxygen atoms in total. The summed E-state index contributed by atoms with van der Waals surface area (Å²) in [5.74, 6) is -0.837. The van der Waals surface area contributed by atoms with E-state index in [2.05, 4.69) is 37.5 Å². The Balaban J connectivity index is 1.08. The van der Waals surface area contributed by atoms with Crippen molar-refractivity contribution in [3.8, 4) is 23.0 Å². The second-order valence-electron chi connectivity index (χ2n) is 20.5. The molecule has 4 heterocycles. The number of primary amides is 1. The van der Waals surface area contributed by atoms with Gasteiger partial charge in [0.25, 0.3) is 5.88 Å². The van der Waals surface area contributed by atoms with Crippen molar-refractivity contribution < 1.29 is 50.9 Å². The Bertz CT molecular complexity index is 2720. The molecule has 17 heteroatoms. The van der Waals surface area contributed by atoms with E-state index >= 15 is 0 Å². The quantitative estimate of drug-likeness (QED) is 0.151. The lowest BCUT2D eigenvalue weighted by atomic mass is 9.87. The predicted molar refractivity (Wildman–Crippen MR) is 250 cm³/mol. The van der Waals surface area contributed by atoms with E-state index in [9.17, 15) is 27.6 Å². The number of primary sulfonamides is 1. The highest BCUT2D eigenvalue weighted by atomic mass is 32.2. The molecule has 4 N–H and O–H groups in total. The molecule has 4 atom stereocenters. The number of carbonyl (C=O) groups excluding carboxylic acids is 4. The van der Waals surface area contributed by atoms with Gasteiger partial charge in [0, 0.05) is 18.4 Å². The number of quaternary nitrogens is 1. The number of nitrogens with zero attached hydrogens (tertiary/aromatic N) is 3. The minimum absolute atomic E-state index is 0.0193. The third-order valence-corrected chi connectivity index (χ3v) is 16.9. The molecule has 2 aromatic heterocycles. The summed E-state index contributed by atoms with van der Waals surface area (Å²) in [4.78, 5) is 69.1. The summed E-state index contributed by atoms with van der Waals surface area (Å²) in [5.41, 5.74) is 2.39. The maximum absolute atomic E-state index is 15.0. The van der Waals surface area contributed by atoms with Gasteiger partial charge in [0.1, 0.15) is 34.6 Å². The number of alkyl carbamates (subject to hydrolysis) is 1. The second kappa shape index (κ2) is 18.2. The van der Waals surface area contributed by atoms with Gasteiger partial charge in [-0.05, 0) is 101 Å². The van der Waals surface area contributed by atoms with Crippen molar-refractivity contribution in [3.63, 3.8) is 0 Å². The molecule has 3 aliphatic carbocycles. The average molecular weight is 940 g/mol. The van der Waals surface area contributed by atoms with Crippen molar-refractivity contribution in [2.45, 2.75) is 164 Å². The van der Waals surface area contributed by atoms with Crippen molar-refractivity contribution >= 4 is 55.9 Å². The molecule has 2 aliphatic heterocycles. The molecule has 2 aromatic carbocycles. The van der Waals surface area contributed by atoms with E-state index in [0.29, 0.717) is 60.2 Å². The van der Waals surface area contributed by atoms with Crippen LogP contribution in [0.2, 0.25) is 0 Å². The standard InChI is InChI=1S/C50H62N6O10S/c1-48(2,3)32-21-19-31(20-22-32)42-52-39-35-16-12-18-38(63-5)40(35)66-41(39)44(53-42)64-34-27-37-43(57)54-50(46(59)55-67(61,62)49(4)25-26-49)24-23-30(28-50)13-8-6-7-9-17-36(45(58)56(37)29-34)51-47(60)65-33-14-10-11-15-33/h12-13,16,18-22,33-34,36-37H,6-11,14-15,17,23-29H2,1-5H3,(H,51,60)(H,54,57)(H,55,59)/p+1/b30-13-/t34-,36+,37+,50-/m1/s1. The molecule has 4 aromatic rings. The number of para-hydroxylation sites is 1. The maximum atomic E-state index is 15.0. The number of hydrogen-bond donors (Lipinski definition) is 3. The highest BCUT2D eigenvalue weighted by Crippen LogP contribution is 2.42. The molecular weight excluding hydrogens is 877 g/mol. The highest BCUT2D eigenvalue weighted by molar-refractivity contribution is 7.86. The van der Waals surface area contributed by atoms with E-state index in [1.54, 1.807) is 20.1 Å². The number of amides is 4. The molecule has 67 heavy (non-hydrogen) atoms. The topological polar surface area (TPSA) is 213 Å². The van der Waals surface area contributed by atoms with Gasteiger partial charge in [-0.25, -0.2) is 14.6 Å². The first-order chi connectivity index (χ1) is 32.0. The number of hydrogen-bond acceptors (Lipinski definition) is 12. The van der Waals surface area contributed by atoms with E-state index in [-0.39, 0.29) is 48.8 Å². The van der Waals surface area contributed by atoms with Gasteiger partial charge in [0.05, 0.1) is 19.0 Å². The molecule has 2 bridgehead atoms. The third kappa shape index (κ3) is 9.50. The van der Waals surface area contributed by atoms with Gasteiger partial charge >= 0.3 is 22.0 Å². The molecule has 9 rings (SSSR count). The number of ether oxygens (including phenoxy) is 3. The number of methoxy groups -OCH3 is 1. The summed E-state index contributed by atoms with van der Waals surface area (Å²) in [6.45, 7) is 7.97. The van der Waals surface area contributed by atoms with E-state index in [0.717, 1.165) is 66.4 Å². The first kappa shape index (κ1) is 46.6. The van der Waals surface area contributed by atoms with Crippen molar-refractivity contribution in [2.24, 2.45) is 0 Å². The van der Waals surface area contributed by atoms with E-state index < -0.39 is 62.3 Å². The Kier molecular flexibility index (Phi) is 12.6. The van der Waals surface area contributed by atoms with Gasteiger partial charge < -0.3 is 34.2 Å². The van der Waals surface area contributed by atoms with Gasteiger partial charge in [0.2, 0.25) is 17.4 Å². The lowest BCUT2D eigenvalue weighted by Crippen LogP contribution is -2.97. The molecule has 4 amide bonds. The first-order valence-corrected chi connectivity index (χ1v) is 25.5. The summed E-state index contributed by atoms with van der Waals surface area (Å²) in [5, 5.41) is 6.56. The molecule has 1 saturated heterocycles. The van der Waals surface area contributed by atoms with Crippen LogP contribution in [0.25, 0.3) is 33.5 Å². The Morgan fingerprint density at radius 1 is 0.940 bits per heavy atom. The normalized spacial score (nSPS) is 25.7. The number of carbonyl (C=O) groups is 4. The van der Waals surface area contributed by atoms with Crippen LogP contribution in [0.5, 0.6) is 11.6 Å². The lowest BCUT2D eigenvalue weighted by molar-refractivity contribution is -0.420. The number of nitrogens with two attached hydrogens (primary N) is 1. The maximum Gasteiger partial charge on any atom is 0.408 e. The van der Waals surface area contributed by atoms with E-state index in [4.69, 9.17) is 28.6 Å². The smallest absolute Gasteiger partial charge is 0.408 e. The monoisotopic (exact) mass is 939 g/mol. The van der Waals surface area contributed by atoms with Crippen molar-refractivity contribution in [1.29, 1.82) is 0 Å². The Morgan fingerprint density at radius 3 is 2.40 bits per heavy atom. The fourth-order valence-electron chi connectivity index (χ4n) is 10.1. The number of nitrogens with one attached hydrogen (secondary N) is 2. The largest absolute Gasteiger partial charge is 0.493 e. The van der Waals surface area contributed by atoms with Gasteiger partial charge in [0.15, 0.2) is 22.7 Å². The average Bonchev–Trinajstić information content (AvgIpc) is 3.75. The first-order valence-electron chi connectivity index (χ1n) is 23.9. The number of aromatic nitrogens is 2. The third-order valence-electron chi connectivity index (χ3n) is 14.6. The Morgan fingerprint density at radius 2 is 1.69 bits per heavy atom. The number of benzene rings is 2. The molecule has 358 valence electrons. The zero-order valence-electron chi connectivity index (χ0n) is 39.2. The molecule has 0 spiro atoms. The summed E-state index contributed by atoms with van der Waals surface area (Å²) in [6, 6.07) is 11.3.